The number of β-amino-alcohol motifs (C(OH)–C–C–N with tert-alkyl or cyclic N) is 1. The predicted molar refractivity (Wildman–Crippen MR) is 67.2 cm³/mol. The Kier molecular flexibility index (Phi) is 3.67. The number of nitrogens with two attached hydrogens (primary N) is 1. The summed E-state index contributed by atoms with van der Waals surface area (Å²) in [5.41, 5.74) is 0. The molecule has 0 amide bonds. The molecule has 1 aliphatic rings. The molecule has 0 radical (unpaired) electrons. The van der Waals surface area contributed by atoms with Crippen LogP contribution in [0, 0.1) is 0 Å². The van der Waals surface area contributed by atoms with E-state index in [4.69, 9.17) is 5.14 Å². The first-order valence-corrected chi connectivity index (χ1v) is 8.51. The first kappa shape index (κ1) is 14.4. The van der Waals surface area contributed by atoms with Gasteiger partial charge in [0.15, 0.2) is 0 Å². The second-order valence-electron chi connectivity index (χ2n) is 4.33. The maximum atomic E-state index is 12.2. The van der Waals surface area contributed by atoms with Crippen molar-refractivity contribution >= 4 is 20.0 Å². The van der Waals surface area contributed by atoms with Crippen LogP contribution in [0.1, 0.15) is 6.42 Å². The van der Waals surface area contributed by atoms with E-state index in [-0.39, 0.29) is 22.9 Å². The summed E-state index contributed by atoms with van der Waals surface area (Å²) in [5, 5.41) is 14.3. The van der Waals surface area contributed by atoms with Crippen molar-refractivity contribution in [1.29, 1.82) is 0 Å². The third-order valence-electron chi connectivity index (χ3n) is 2.90. The van der Waals surface area contributed by atoms with Crippen LogP contribution in [0.4, 0.5) is 0 Å². The van der Waals surface area contributed by atoms with E-state index in [1.165, 1.54) is 18.2 Å². The Hall–Kier alpha value is -1.00. The quantitative estimate of drug-likeness (QED) is 0.749. The van der Waals surface area contributed by atoms with Crippen LogP contribution in [0.15, 0.2) is 34.1 Å². The van der Waals surface area contributed by atoms with E-state index in [9.17, 15) is 21.9 Å². The molecule has 1 aliphatic heterocycles. The standard InChI is InChI=1S/C10H14N2O5S2/c11-18(14,15)9-2-1-3-10(6-9)19(16,17)12-5-4-8(13)7-12/h1-3,6,8,13H,4-5,7H2,(H2,11,14,15)/t8-/m0/s1. The molecule has 0 aromatic heterocycles. The molecule has 106 valence electrons. The summed E-state index contributed by atoms with van der Waals surface area (Å²) in [4.78, 5) is -0.401. The van der Waals surface area contributed by atoms with Gasteiger partial charge in [-0.1, -0.05) is 6.07 Å². The number of nitrogens with zero attached hydrogens (tertiary/aromatic N) is 1. The molecule has 0 bridgehead atoms. The molecule has 1 fully saturated rings. The zero-order chi connectivity index (χ0) is 14.3. The van der Waals surface area contributed by atoms with Gasteiger partial charge in [0.25, 0.3) is 0 Å². The van der Waals surface area contributed by atoms with Crippen LogP contribution in [0.3, 0.4) is 0 Å². The van der Waals surface area contributed by atoms with Gasteiger partial charge in [0.2, 0.25) is 20.0 Å². The molecule has 0 unspecified atom stereocenters. The minimum Gasteiger partial charge on any atom is -0.392 e. The molecule has 2 rings (SSSR count). The molecule has 1 atom stereocenters. The Bertz CT molecular complexity index is 684. The highest BCUT2D eigenvalue weighted by atomic mass is 32.2. The molecule has 0 saturated carbocycles. The molecule has 9 heteroatoms. The van der Waals surface area contributed by atoms with Crippen LogP contribution in [0.5, 0.6) is 0 Å². The fourth-order valence-corrected chi connectivity index (χ4v) is 4.06. The molecule has 1 aromatic carbocycles. The number of hydrogen-bond donors (Lipinski definition) is 2. The Morgan fingerprint density at radius 3 is 2.37 bits per heavy atom. The van der Waals surface area contributed by atoms with E-state index >= 15 is 0 Å². The lowest BCUT2D eigenvalue weighted by molar-refractivity contribution is 0.189. The van der Waals surface area contributed by atoms with Crippen LogP contribution in [-0.4, -0.2) is 45.4 Å². The Labute approximate surface area is 111 Å². The number of aliphatic hydroxyl groups excluding tert-OH is 1. The minimum atomic E-state index is -3.95. The number of sulfonamides is 2. The maximum absolute atomic E-state index is 12.2. The van der Waals surface area contributed by atoms with Crippen molar-refractivity contribution in [3.05, 3.63) is 24.3 Å². The summed E-state index contributed by atoms with van der Waals surface area (Å²) in [6, 6.07) is 4.87. The molecule has 7 nitrogen and oxygen atoms in total. The van der Waals surface area contributed by atoms with E-state index in [0.29, 0.717) is 6.42 Å². The zero-order valence-corrected chi connectivity index (χ0v) is 11.6. The molecule has 1 aromatic rings. The number of benzene rings is 1. The predicted octanol–water partition coefficient (Wildman–Crippen LogP) is -0.911. The van der Waals surface area contributed by atoms with Gasteiger partial charge in [-0.25, -0.2) is 22.0 Å². The van der Waals surface area contributed by atoms with Crippen molar-refractivity contribution in [2.45, 2.75) is 22.3 Å². The van der Waals surface area contributed by atoms with Gasteiger partial charge >= 0.3 is 0 Å². The van der Waals surface area contributed by atoms with Gasteiger partial charge in [-0.3, -0.25) is 0 Å². The normalized spacial score (nSPS) is 21.7. The largest absolute Gasteiger partial charge is 0.392 e. The third-order valence-corrected chi connectivity index (χ3v) is 5.67. The number of aliphatic hydroxyl groups is 1. The van der Waals surface area contributed by atoms with Crippen LogP contribution < -0.4 is 5.14 Å². The summed E-state index contributed by atoms with van der Waals surface area (Å²) in [6.07, 6.45) is -0.315. The van der Waals surface area contributed by atoms with Crippen LogP contribution in [0.2, 0.25) is 0 Å². The summed E-state index contributed by atoms with van der Waals surface area (Å²) >= 11 is 0. The lowest BCUT2D eigenvalue weighted by Gasteiger charge is -2.16. The second-order valence-corrected chi connectivity index (χ2v) is 7.82. The highest BCUT2D eigenvalue weighted by Gasteiger charge is 2.32. The van der Waals surface area contributed by atoms with Crippen molar-refractivity contribution < 1.29 is 21.9 Å². The second kappa shape index (κ2) is 4.84. The van der Waals surface area contributed by atoms with Crippen LogP contribution >= 0.6 is 0 Å². The van der Waals surface area contributed by atoms with Crippen molar-refractivity contribution in [1.82, 2.24) is 4.31 Å². The highest BCUT2D eigenvalue weighted by Crippen LogP contribution is 2.22. The molecular weight excluding hydrogens is 292 g/mol. The van der Waals surface area contributed by atoms with E-state index in [0.717, 1.165) is 10.4 Å². The van der Waals surface area contributed by atoms with Crippen LogP contribution in [-0.2, 0) is 20.0 Å². The number of rotatable bonds is 3. The monoisotopic (exact) mass is 306 g/mol. The van der Waals surface area contributed by atoms with Crippen molar-refractivity contribution in [3.63, 3.8) is 0 Å². The minimum absolute atomic E-state index is 0.0158. The molecule has 1 saturated heterocycles. The van der Waals surface area contributed by atoms with Gasteiger partial charge in [-0.2, -0.15) is 4.31 Å². The van der Waals surface area contributed by atoms with Gasteiger partial charge < -0.3 is 5.11 Å². The van der Waals surface area contributed by atoms with E-state index in [1.807, 2.05) is 0 Å². The number of primary sulfonamides is 1. The molecular formula is C10H14N2O5S2. The van der Waals surface area contributed by atoms with E-state index in [1.54, 1.807) is 0 Å². The van der Waals surface area contributed by atoms with Gasteiger partial charge in [0.1, 0.15) is 0 Å². The van der Waals surface area contributed by atoms with Crippen molar-refractivity contribution in [2.75, 3.05) is 13.1 Å². The fourth-order valence-electron chi connectivity index (χ4n) is 1.89. The summed E-state index contributed by atoms with van der Waals surface area (Å²) in [5.74, 6) is 0. The van der Waals surface area contributed by atoms with Gasteiger partial charge in [0.05, 0.1) is 15.9 Å². The van der Waals surface area contributed by atoms with Gasteiger partial charge in [0, 0.05) is 13.1 Å². The summed E-state index contributed by atoms with van der Waals surface area (Å²) < 4.78 is 48.0. The average molecular weight is 306 g/mol. The van der Waals surface area contributed by atoms with E-state index in [2.05, 4.69) is 0 Å². The first-order valence-electron chi connectivity index (χ1n) is 5.52. The Morgan fingerprint density at radius 1 is 1.21 bits per heavy atom. The van der Waals surface area contributed by atoms with Gasteiger partial charge in [-0.05, 0) is 24.6 Å². The third kappa shape index (κ3) is 2.95. The van der Waals surface area contributed by atoms with E-state index < -0.39 is 26.2 Å². The topological polar surface area (TPSA) is 118 Å². The SMILES string of the molecule is NS(=O)(=O)c1cccc(S(=O)(=O)N2CC[C@H](O)C2)c1. The molecule has 1 heterocycles. The number of hydrogen-bond acceptors (Lipinski definition) is 5. The van der Waals surface area contributed by atoms with Gasteiger partial charge in [-0.15, -0.1) is 0 Å². The lowest BCUT2D eigenvalue weighted by Crippen LogP contribution is -2.29. The first-order chi connectivity index (χ1) is 8.71. The highest BCUT2D eigenvalue weighted by molar-refractivity contribution is 7.90. The maximum Gasteiger partial charge on any atom is 0.243 e. The lowest BCUT2D eigenvalue weighted by atomic mass is 10.3. The summed E-state index contributed by atoms with van der Waals surface area (Å²) in [7, 11) is -7.75. The van der Waals surface area contributed by atoms with Crippen molar-refractivity contribution in [3.8, 4) is 0 Å². The summed E-state index contributed by atoms with van der Waals surface area (Å²) in [6.45, 7) is 0.227. The molecule has 3 N–H and O–H groups in total. The zero-order valence-electron chi connectivity index (χ0n) is 9.93. The average Bonchev–Trinajstić information content (AvgIpc) is 2.76. The molecule has 0 aliphatic carbocycles. The van der Waals surface area contributed by atoms with Crippen molar-refractivity contribution in [2.24, 2.45) is 5.14 Å². The molecule has 0 spiro atoms. The molecule has 19 heavy (non-hydrogen) atoms. The Morgan fingerprint density at radius 2 is 1.84 bits per heavy atom. The fraction of sp³-hybridized carbons (Fsp3) is 0.400. The smallest absolute Gasteiger partial charge is 0.243 e. The van der Waals surface area contributed by atoms with Crippen LogP contribution in [0.25, 0.3) is 0 Å². The Balaban J connectivity index is 2.42.